The number of anilines is 1. The summed E-state index contributed by atoms with van der Waals surface area (Å²) in [6.45, 7) is 5.47. The van der Waals surface area contributed by atoms with Crippen LogP contribution in [0, 0.1) is 0 Å². The number of rotatable bonds is 4. The number of carbonyl (C=O) groups excluding carboxylic acids is 1. The smallest absolute Gasteiger partial charge is 0.319 e. The van der Waals surface area contributed by atoms with Crippen LogP contribution in [-0.2, 0) is 11.8 Å². The third-order valence-corrected chi connectivity index (χ3v) is 3.17. The minimum absolute atomic E-state index is 0.157. The van der Waals surface area contributed by atoms with E-state index in [2.05, 4.69) is 29.6 Å². The van der Waals surface area contributed by atoms with Crippen LogP contribution in [0.2, 0.25) is 0 Å². The molecule has 6 nitrogen and oxygen atoms in total. The predicted molar refractivity (Wildman–Crippen MR) is 73.3 cm³/mol. The summed E-state index contributed by atoms with van der Waals surface area (Å²) in [5, 5.41) is 10.0. The Balaban J connectivity index is 1.87. The van der Waals surface area contributed by atoms with Crippen LogP contribution in [0.5, 0.6) is 0 Å². The Hall–Kier alpha value is -1.56. The molecule has 0 saturated carbocycles. The van der Waals surface area contributed by atoms with E-state index < -0.39 is 0 Å². The van der Waals surface area contributed by atoms with Crippen LogP contribution >= 0.6 is 0 Å². The zero-order valence-electron chi connectivity index (χ0n) is 11.8. The van der Waals surface area contributed by atoms with E-state index in [0.29, 0.717) is 6.54 Å². The van der Waals surface area contributed by atoms with Gasteiger partial charge in [0, 0.05) is 26.4 Å². The van der Waals surface area contributed by atoms with Crippen LogP contribution in [-0.4, -0.2) is 35.1 Å². The Morgan fingerprint density at radius 2 is 2.42 bits per heavy atom. The number of hydrogen-bond acceptors (Lipinski definition) is 3. The normalized spacial score (nSPS) is 18.8. The fourth-order valence-electron chi connectivity index (χ4n) is 2.21. The molecule has 1 aliphatic rings. The number of amides is 2. The van der Waals surface area contributed by atoms with E-state index >= 15 is 0 Å². The lowest BCUT2D eigenvalue weighted by Crippen LogP contribution is -2.35. The number of aromatic nitrogens is 2. The summed E-state index contributed by atoms with van der Waals surface area (Å²) in [5.41, 5.74) is 1.66. The minimum atomic E-state index is -0.203. The standard InChI is InChI=1S/C13H22N4O2/c1-9(2)12-11(8-17(3)16-12)15-13(18)14-7-10-5-4-6-19-10/h8-10H,4-7H2,1-3H3,(H2,14,15,18). The second kappa shape index (κ2) is 6.06. The van der Waals surface area contributed by atoms with E-state index in [1.54, 1.807) is 4.68 Å². The topological polar surface area (TPSA) is 68.2 Å². The summed E-state index contributed by atoms with van der Waals surface area (Å²) < 4.78 is 7.17. The van der Waals surface area contributed by atoms with Gasteiger partial charge >= 0.3 is 6.03 Å². The molecule has 0 bridgehead atoms. The Kier molecular flexibility index (Phi) is 4.42. The van der Waals surface area contributed by atoms with Crippen LogP contribution in [0.25, 0.3) is 0 Å². The molecule has 2 amide bonds. The van der Waals surface area contributed by atoms with E-state index in [9.17, 15) is 4.79 Å². The van der Waals surface area contributed by atoms with Crippen molar-refractivity contribution in [2.75, 3.05) is 18.5 Å². The molecule has 2 heterocycles. The predicted octanol–water partition coefficient (Wildman–Crippen LogP) is 1.84. The first kappa shape index (κ1) is 13.9. The Morgan fingerprint density at radius 1 is 1.63 bits per heavy atom. The third kappa shape index (κ3) is 3.70. The molecule has 1 aromatic heterocycles. The van der Waals surface area contributed by atoms with E-state index in [4.69, 9.17) is 4.74 Å². The van der Waals surface area contributed by atoms with Crippen molar-refractivity contribution >= 4 is 11.7 Å². The van der Waals surface area contributed by atoms with Crippen molar-refractivity contribution in [3.63, 3.8) is 0 Å². The first-order valence-corrected chi connectivity index (χ1v) is 6.76. The fourth-order valence-corrected chi connectivity index (χ4v) is 2.21. The summed E-state index contributed by atoms with van der Waals surface area (Å²) in [5.74, 6) is 0.273. The summed E-state index contributed by atoms with van der Waals surface area (Å²) >= 11 is 0. The van der Waals surface area contributed by atoms with Crippen molar-refractivity contribution in [2.24, 2.45) is 7.05 Å². The average molecular weight is 266 g/mol. The molecule has 1 atom stereocenters. The summed E-state index contributed by atoms with van der Waals surface area (Å²) in [6.07, 6.45) is 4.07. The molecular weight excluding hydrogens is 244 g/mol. The quantitative estimate of drug-likeness (QED) is 0.873. The molecular formula is C13H22N4O2. The molecule has 1 saturated heterocycles. The molecule has 0 spiro atoms. The highest BCUT2D eigenvalue weighted by Crippen LogP contribution is 2.21. The van der Waals surface area contributed by atoms with Gasteiger partial charge in [0.1, 0.15) is 0 Å². The first-order chi connectivity index (χ1) is 9.06. The van der Waals surface area contributed by atoms with Gasteiger partial charge in [-0.1, -0.05) is 13.8 Å². The maximum absolute atomic E-state index is 11.8. The average Bonchev–Trinajstić information content (AvgIpc) is 2.96. The molecule has 2 N–H and O–H groups in total. The fraction of sp³-hybridized carbons (Fsp3) is 0.692. The van der Waals surface area contributed by atoms with Crippen molar-refractivity contribution in [3.8, 4) is 0 Å². The summed E-state index contributed by atoms with van der Waals surface area (Å²) in [4.78, 5) is 11.8. The third-order valence-electron chi connectivity index (χ3n) is 3.17. The number of urea groups is 1. The zero-order chi connectivity index (χ0) is 13.8. The van der Waals surface area contributed by atoms with Crippen LogP contribution in [0.3, 0.4) is 0 Å². The summed E-state index contributed by atoms with van der Waals surface area (Å²) in [6, 6.07) is -0.203. The first-order valence-electron chi connectivity index (χ1n) is 6.76. The lowest BCUT2D eigenvalue weighted by molar-refractivity contribution is 0.112. The van der Waals surface area contributed by atoms with Crippen molar-refractivity contribution in [2.45, 2.75) is 38.7 Å². The SMILES string of the molecule is CC(C)c1nn(C)cc1NC(=O)NCC1CCCO1. The highest BCUT2D eigenvalue weighted by molar-refractivity contribution is 5.89. The molecule has 0 aliphatic carbocycles. The van der Waals surface area contributed by atoms with Gasteiger partial charge in [-0.3, -0.25) is 4.68 Å². The molecule has 2 rings (SSSR count). The van der Waals surface area contributed by atoms with Crippen LogP contribution < -0.4 is 10.6 Å². The monoisotopic (exact) mass is 266 g/mol. The van der Waals surface area contributed by atoms with Crippen molar-refractivity contribution in [1.82, 2.24) is 15.1 Å². The van der Waals surface area contributed by atoms with E-state index in [-0.39, 0.29) is 18.1 Å². The molecule has 1 fully saturated rings. The summed E-state index contributed by atoms with van der Waals surface area (Å²) in [7, 11) is 1.85. The van der Waals surface area contributed by atoms with Gasteiger partial charge in [0.2, 0.25) is 0 Å². The number of hydrogen-bond donors (Lipinski definition) is 2. The molecule has 1 unspecified atom stereocenters. The molecule has 0 radical (unpaired) electrons. The molecule has 19 heavy (non-hydrogen) atoms. The maximum atomic E-state index is 11.8. The largest absolute Gasteiger partial charge is 0.376 e. The molecule has 1 aromatic rings. The number of nitrogens with one attached hydrogen (secondary N) is 2. The maximum Gasteiger partial charge on any atom is 0.319 e. The Morgan fingerprint density at radius 3 is 3.05 bits per heavy atom. The molecule has 0 aromatic carbocycles. The van der Waals surface area contributed by atoms with Gasteiger partial charge < -0.3 is 15.4 Å². The van der Waals surface area contributed by atoms with E-state index in [1.165, 1.54) is 0 Å². The molecule has 106 valence electrons. The van der Waals surface area contributed by atoms with Crippen LogP contribution in [0.15, 0.2) is 6.20 Å². The van der Waals surface area contributed by atoms with Crippen molar-refractivity contribution < 1.29 is 9.53 Å². The van der Waals surface area contributed by atoms with Gasteiger partial charge in [0.15, 0.2) is 0 Å². The Labute approximate surface area is 113 Å². The van der Waals surface area contributed by atoms with E-state index in [1.807, 2.05) is 13.2 Å². The van der Waals surface area contributed by atoms with Crippen molar-refractivity contribution in [3.05, 3.63) is 11.9 Å². The van der Waals surface area contributed by atoms with E-state index in [0.717, 1.165) is 30.8 Å². The van der Waals surface area contributed by atoms with Gasteiger partial charge in [-0.2, -0.15) is 5.10 Å². The van der Waals surface area contributed by atoms with Crippen molar-refractivity contribution in [1.29, 1.82) is 0 Å². The van der Waals surface area contributed by atoms with Crippen LogP contribution in [0.4, 0.5) is 10.5 Å². The lowest BCUT2D eigenvalue weighted by Gasteiger charge is -2.12. The molecule has 1 aliphatic heterocycles. The second-order valence-electron chi connectivity index (χ2n) is 5.23. The van der Waals surface area contributed by atoms with Gasteiger partial charge in [0.05, 0.1) is 17.5 Å². The highest BCUT2D eigenvalue weighted by atomic mass is 16.5. The van der Waals surface area contributed by atoms with Crippen LogP contribution in [0.1, 0.15) is 38.3 Å². The highest BCUT2D eigenvalue weighted by Gasteiger charge is 2.17. The van der Waals surface area contributed by atoms with Gasteiger partial charge in [-0.05, 0) is 18.8 Å². The number of carbonyl (C=O) groups is 1. The number of nitrogens with zero attached hydrogens (tertiary/aromatic N) is 2. The second-order valence-corrected chi connectivity index (χ2v) is 5.23. The number of aryl methyl sites for hydroxylation is 1. The number of ether oxygens (including phenoxy) is 1. The minimum Gasteiger partial charge on any atom is -0.376 e. The molecule has 6 heteroatoms. The van der Waals surface area contributed by atoms with Gasteiger partial charge in [-0.15, -0.1) is 0 Å². The zero-order valence-corrected chi connectivity index (χ0v) is 11.8. The van der Waals surface area contributed by atoms with Gasteiger partial charge in [0.25, 0.3) is 0 Å². The Bertz CT molecular complexity index is 436. The van der Waals surface area contributed by atoms with Gasteiger partial charge in [-0.25, -0.2) is 4.79 Å². The lowest BCUT2D eigenvalue weighted by atomic mass is 10.1.